The molecule has 1 aromatic heterocycles. The van der Waals surface area contributed by atoms with Crippen molar-refractivity contribution in [3.05, 3.63) is 66.5 Å². The molecule has 1 N–H and O–H groups in total. The summed E-state index contributed by atoms with van der Waals surface area (Å²) in [6, 6.07) is 19.3. The van der Waals surface area contributed by atoms with Crippen LogP contribution < -0.4 is 5.32 Å². The lowest BCUT2D eigenvalue weighted by Crippen LogP contribution is -2.08. The van der Waals surface area contributed by atoms with E-state index in [4.69, 9.17) is 0 Å². The highest BCUT2D eigenvalue weighted by Gasteiger charge is 2.08. The number of hydrogen-bond donors (Lipinski definition) is 1. The third-order valence-corrected chi connectivity index (χ3v) is 3.13. The highest BCUT2D eigenvalue weighted by molar-refractivity contribution is 5.88. The molecule has 0 fully saturated rings. The lowest BCUT2D eigenvalue weighted by Gasteiger charge is -2.15. The Kier molecular flexibility index (Phi) is 3.11. The van der Waals surface area contributed by atoms with Gasteiger partial charge < -0.3 is 5.32 Å². The number of benzene rings is 2. The second-order valence-corrected chi connectivity index (χ2v) is 4.44. The van der Waals surface area contributed by atoms with Gasteiger partial charge in [-0.25, -0.2) is 9.97 Å². The lowest BCUT2D eigenvalue weighted by atomic mass is 10.1. The van der Waals surface area contributed by atoms with Crippen LogP contribution in [0.2, 0.25) is 0 Å². The van der Waals surface area contributed by atoms with Crippen LogP contribution in [0.4, 0.5) is 5.82 Å². The average molecular weight is 248 g/mol. The van der Waals surface area contributed by atoms with E-state index in [9.17, 15) is 0 Å². The maximum Gasteiger partial charge on any atom is 0.137 e. The van der Waals surface area contributed by atoms with Crippen molar-refractivity contribution in [1.82, 2.24) is 9.97 Å². The summed E-state index contributed by atoms with van der Waals surface area (Å²) in [5.41, 5.74) is 2.16. The molecule has 1 unspecified atom stereocenters. The van der Waals surface area contributed by atoms with Gasteiger partial charge in [0.25, 0.3) is 0 Å². The van der Waals surface area contributed by atoms with E-state index in [1.807, 2.05) is 36.4 Å². The van der Waals surface area contributed by atoms with Crippen molar-refractivity contribution >= 4 is 16.7 Å². The molecule has 1 atom stereocenters. The monoisotopic (exact) mass is 248 g/mol. The van der Waals surface area contributed by atoms with E-state index in [1.165, 1.54) is 5.56 Å². The number of nitrogens with zero attached hydrogens (tertiary/aromatic N) is 2. The van der Waals surface area contributed by atoms with Gasteiger partial charge in [0.2, 0.25) is 0 Å². The minimum Gasteiger partial charge on any atom is -0.363 e. The summed E-state index contributed by atoms with van der Waals surface area (Å²) < 4.78 is 0. The summed E-state index contributed by atoms with van der Waals surface area (Å²) in [7, 11) is 0. The van der Waals surface area contributed by atoms with Crippen molar-refractivity contribution in [2.45, 2.75) is 13.0 Å². The molecule has 0 saturated carbocycles. The van der Waals surface area contributed by atoms with E-state index < -0.39 is 0 Å². The van der Waals surface area contributed by atoms with Crippen LogP contribution in [0, 0.1) is 6.07 Å². The maximum atomic E-state index is 4.33. The van der Waals surface area contributed by atoms with Gasteiger partial charge in [0.1, 0.15) is 12.1 Å². The van der Waals surface area contributed by atoms with Crippen LogP contribution in [0.15, 0.2) is 54.9 Å². The first kappa shape index (κ1) is 11.7. The molecule has 3 nitrogen and oxygen atoms in total. The minimum atomic E-state index is 0.194. The SMILES string of the molecule is CC(Nc1ncnc2cc[c]cc12)c1ccccc1. The molecule has 0 saturated heterocycles. The van der Waals surface area contributed by atoms with Crippen LogP contribution in [-0.4, -0.2) is 9.97 Å². The molecular formula is C16H14N3. The van der Waals surface area contributed by atoms with Crippen LogP contribution in [0.25, 0.3) is 10.9 Å². The lowest BCUT2D eigenvalue weighted by molar-refractivity contribution is 0.876. The zero-order valence-electron chi connectivity index (χ0n) is 10.7. The smallest absolute Gasteiger partial charge is 0.137 e. The molecule has 0 aliphatic rings. The molecule has 1 heterocycles. The Balaban J connectivity index is 1.94. The van der Waals surface area contributed by atoms with E-state index >= 15 is 0 Å². The largest absolute Gasteiger partial charge is 0.363 e. The summed E-state index contributed by atoms with van der Waals surface area (Å²) in [5.74, 6) is 0.846. The molecule has 1 radical (unpaired) electrons. The number of nitrogens with one attached hydrogen (secondary N) is 1. The Morgan fingerprint density at radius 1 is 1.11 bits per heavy atom. The Labute approximate surface area is 112 Å². The third-order valence-electron chi connectivity index (χ3n) is 3.13. The van der Waals surface area contributed by atoms with Crippen molar-refractivity contribution in [2.75, 3.05) is 5.32 Å². The molecule has 0 amide bonds. The summed E-state index contributed by atoms with van der Waals surface area (Å²) in [6.45, 7) is 2.12. The van der Waals surface area contributed by atoms with Gasteiger partial charge >= 0.3 is 0 Å². The molecule has 3 aromatic rings. The summed E-state index contributed by atoms with van der Waals surface area (Å²) in [4.78, 5) is 8.58. The molecule has 93 valence electrons. The Morgan fingerprint density at radius 2 is 1.95 bits per heavy atom. The fourth-order valence-electron chi connectivity index (χ4n) is 2.09. The van der Waals surface area contributed by atoms with Gasteiger partial charge in [-0.1, -0.05) is 36.4 Å². The normalized spacial score (nSPS) is 12.3. The maximum absolute atomic E-state index is 4.33. The summed E-state index contributed by atoms with van der Waals surface area (Å²) in [6.07, 6.45) is 1.59. The average Bonchev–Trinajstić information content (AvgIpc) is 2.48. The van der Waals surface area contributed by atoms with Gasteiger partial charge in [0.05, 0.1) is 5.52 Å². The first-order valence-corrected chi connectivity index (χ1v) is 6.27. The van der Waals surface area contributed by atoms with Crippen molar-refractivity contribution in [2.24, 2.45) is 0 Å². The summed E-state index contributed by atoms with van der Waals surface area (Å²) >= 11 is 0. The standard InChI is InChI=1S/C16H14N3/c1-12(13-7-3-2-4-8-13)19-16-14-9-5-6-10-15(14)17-11-18-16/h2-4,6-12H,1H3,(H,17,18,19). The van der Waals surface area contributed by atoms with Crippen LogP contribution in [0.1, 0.15) is 18.5 Å². The van der Waals surface area contributed by atoms with Gasteiger partial charge in [-0.2, -0.15) is 0 Å². The zero-order chi connectivity index (χ0) is 13.1. The fraction of sp³-hybridized carbons (Fsp3) is 0.125. The first-order valence-electron chi connectivity index (χ1n) is 6.27. The summed E-state index contributed by atoms with van der Waals surface area (Å²) in [5, 5.41) is 4.42. The van der Waals surface area contributed by atoms with E-state index in [-0.39, 0.29) is 6.04 Å². The zero-order valence-corrected chi connectivity index (χ0v) is 10.7. The second kappa shape index (κ2) is 5.06. The second-order valence-electron chi connectivity index (χ2n) is 4.44. The van der Waals surface area contributed by atoms with Crippen molar-refractivity contribution < 1.29 is 0 Å². The fourth-order valence-corrected chi connectivity index (χ4v) is 2.09. The number of hydrogen-bond acceptors (Lipinski definition) is 3. The predicted octanol–water partition coefficient (Wildman–Crippen LogP) is 3.60. The van der Waals surface area contributed by atoms with Crippen LogP contribution in [-0.2, 0) is 0 Å². The molecule has 0 bridgehead atoms. The number of aromatic nitrogens is 2. The van der Waals surface area contributed by atoms with Gasteiger partial charge in [0, 0.05) is 11.4 Å². The van der Waals surface area contributed by atoms with E-state index in [2.05, 4.69) is 40.4 Å². The molecule has 0 aliphatic heterocycles. The quantitative estimate of drug-likeness (QED) is 0.769. The van der Waals surface area contributed by atoms with Gasteiger partial charge in [0.15, 0.2) is 0 Å². The molecule has 2 aromatic carbocycles. The van der Waals surface area contributed by atoms with Crippen molar-refractivity contribution in [3.63, 3.8) is 0 Å². The van der Waals surface area contributed by atoms with Crippen LogP contribution >= 0.6 is 0 Å². The predicted molar refractivity (Wildman–Crippen MR) is 76.9 cm³/mol. The van der Waals surface area contributed by atoms with Crippen molar-refractivity contribution in [3.8, 4) is 0 Å². The molecule has 19 heavy (non-hydrogen) atoms. The van der Waals surface area contributed by atoms with E-state index in [0.29, 0.717) is 0 Å². The van der Waals surface area contributed by atoms with Crippen molar-refractivity contribution in [1.29, 1.82) is 0 Å². The highest BCUT2D eigenvalue weighted by Crippen LogP contribution is 2.23. The van der Waals surface area contributed by atoms with Crippen LogP contribution in [0.3, 0.4) is 0 Å². The van der Waals surface area contributed by atoms with Gasteiger partial charge in [-0.05, 0) is 30.7 Å². The Morgan fingerprint density at radius 3 is 2.79 bits per heavy atom. The van der Waals surface area contributed by atoms with E-state index in [0.717, 1.165) is 16.7 Å². The number of anilines is 1. The molecular weight excluding hydrogens is 234 g/mol. The number of rotatable bonds is 3. The Bertz CT molecular complexity index is 674. The van der Waals surface area contributed by atoms with Gasteiger partial charge in [-0.3, -0.25) is 0 Å². The first-order chi connectivity index (χ1) is 9.34. The number of fused-ring (bicyclic) bond motifs is 1. The van der Waals surface area contributed by atoms with E-state index in [1.54, 1.807) is 6.33 Å². The third kappa shape index (κ3) is 2.40. The molecule has 3 rings (SSSR count). The van der Waals surface area contributed by atoms with Crippen LogP contribution in [0.5, 0.6) is 0 Å². The molecule has 0 spiro atoms. The topological polar surface area (TPSA) is 37.8 Å². The van der Waals surface area contributed by atoms with Gasteiger partial charge in [-0.15, -0.1) is 0 Å². The highest BCUT2D eigenvalue weighted by atomic mass is 15.0. The minimum absolute atomic E-state index is 0.194. The molecule has 3 heteroatoms. The molecule has 0 aliphatic carbocycles. The Hall–Kier alpha value is -2.42.